The second kappa shape index (κ2) is 7.74. The van der Waals surface area contributed by atoms with Gasteiger partial charge in [0, 0.05) is 24.8 Å². The zero-order chi connectivity index (χ0) is 16.9. The standard InChI is InChI=1S/C17H22N2O5/c20-9-14-16(24-10-15(21)19-14)11-1-3-13(4-2-11)18-17(22)12-5-7-23-8-6-12/h1-4,12,14,16,20H,5-10H2,(H,18,22)(H,19,21). The first-order valence-electron chi connectivity index (χ1n) is 8.18. The van der Waals surface area contributed by atoms with Gasteiger partial charge in [-0.15, -0.1) is 0 Å². The summed E-state index contributed by atoms with van der Waals surface area (Å²) >= 11 is 0. The topological polar surface area (TPSA) is 96.9 Å². The molecule has 2 atom stereocenters. The van der Waals surface area contributed by atoms with Gasteiger partial charge in [-0.1, -0.05) is 12.1 Å². The van der Waals surface area contributed by atoms with E-state index in [0.29, 0.717) is 13.2 Å². The molecule has 0 aliphatic carbocycles. The summed E-state index contributed by atoms with van der Waals surface area (Å²) < 4.78 is 10.8. The summed E-state index contributed by atoms with van der Waals surface area (Å²) in [4.78, 5) is 23.5. The van der Waals surface area contributed by atoms with Gasteiger partial charge in [-0.2, -0.15) is 0 Å². The van der Waals surface area contributed by atoms with Gasteiger partial charge in [0.25, 0.3) is 0 Å². The van der Waals surface area contributed by atoms with Gasteiger partial charge in [0.1, 0.15) is 12.7 Å². The summed E-state index contributed by atoms with van der Waals surface area (Å²) in [5.41, 5.74) is 1.56. The smallest absolute Gasteiger partial charge is 0.246 e. The SMILES string of the molecule is O=C1COC(c2ccc(NC(=O)C3CCOCC3)cc2)C(CO)N1. The summed E-state index contributed by atoms with van der Waals surface area (Å²) in [6.07, 6.45) is 1.10. The van der Waals surface area contributed by atoms with Gasteiger partial charge in [-0.3, -0.25) is 9.59 Å². The van der Waals surface area contributed by atoms with Gasteiger partial charge in [0.05, 0.1) is 12.6 Å². The second-order valence-electron chi connectivity index (χ2n) is 6.09. The first-order valence-corrected chi connectivity index (χ1v) is 8.18. The lowest BCUT2D eigenvalue weighted by Gasteiger charge is -2.31. The zero-order valence-electron chi connectivity index (χ0n) is 13.4. The van der Waals surface area contributed by atoms with Crippen molar-refractivity contribution in [1.82, 2.24) is 5.32 Å². The molecular formula is C17H22N2O5. The number of carbonyl (C=O) groups is 2. The van der Waals surface area contributed by atoms with Crippen molar-refractivity contribution in [3.8, 4) is 0 Å². The Balaban J connectivity index is 1.62. The van der Waals surface area contributed by atoms with E-state index >= 15 is 0 Å². The van der Waals surface area contributed by atoms with Gasteiger partial charge < -0.3 is 25.2 Å². The monoisotopic (exact) mass is 334 g/mol. The fourth-order valence-corrected chi connectivity index (χ4v) is 3.04. The van der Waals surface area contributed by atoms with E-state index in [2.05, 4.69) is 10.6 Å². The molecule has 2 saturated heterocycles. The normalized spacial score (nSPS) is 25.1. The number of anilines is 1. The van der Waals surface area contributed by atoms with E-state index in [1.165, 1.54) is 0 Å². The highest BCUT2D eigenvalue weighted by Gasteiger charge is 2.30. The molecule has 2 aliphatic heterocycles. The van der Waals surface area contributed by atoms with E-state index in [0.717, 1.165) is 24.1 Å². The van der Waals surface area contributed by atoms with E-state index in [9.17, 15) is 14.7 Å². The fraction of sp³-hybridized carbons (Fsp3) is 0.529. The van der Waals surface area contributed by atoms with Crippen LogP contribution in [0, 0.1) is 5.92 Å². The maximum absolute atomic E-state index is 12.2. The van der Waals surface area contributed by atoms with Crippen molar-refractivity contribution >= 4 is 17.5 Å². The zero-order valence-corrected chi connectivity index (χ0v) is 13.4. The van der Waals surface area contributed by atoms with Crippen molar-refractivity contribution in [2.24, 2.45) is 5.92 Å². The first-order chi connectivity index (χ1) is 11.7. The number of aliphatic hydroxyl groups excluding tert-OH is 1. The molecule has 0 spiro atoms. The Bertz CT molecular complexity index is 583. The summed E-state index contributed by atoms with van der Waals surface area (Å²) in [6, 6.07) is 6.82. The van der Waals surface area contributed by atoms with Crippen LogP contribution >= 0.6 is 0 Å². The van der Waals surface area contributed by atoms with Gasteiger partial charge >= 0.3 is 0 Å². The number of aliphatic hydroxyl groups is 1. The molecule has 0 aromatic heterocycles. The number of carbonyl (C=O) groups excluding carboxylic acids is 2. The average molecular weight is 334 g/mol. The highest BCUT2D eigenvalue weighted by atomic mass is 16.5. The molecule has 0 saturated carbocycles. The Morgan fingerprint density at radius 2 is 1.96 bits per heavy atom. The lowest BCUT2D eigenvalue weighted by molar-refractivity contribution is -0.138. The molecular weight excluding hydrogens is 312 g/mol. The Hall–Kier alpha value is -1.96. The minimum Gasteiger partial charge on any atom is -0.394 e. The van der Waals surface area contributed by atoms with Gasteiger partial charge in [0.2, 0.25) is 11.8 Å². The highest BCUT2D eigenvalue weighted by Crippen LogP contribution is 2.26. The van der Waals surface area contributed by atoms with E-state index in [1.807, 2.05) is 12.1 Å². The number of hydrogen-bond donors (Lipinski definition) is 3. The summed E-state index contributed by atoms with van der Waals surface area (Å²) in [6.45, 7) is 1.04. The molecule has 1 aromatic carbocycles. The number of benzene rings is 1. The van der Waals surface area contributed by atoms with Crippen LogP contribution in [-0.4, -0.2) is 49.4 Å². The van der Waals surface area contributed by atoms with E-state index < -0.39 is 12.1 Å². The third-order valence-electron chi connectivity index (χ3n) is 4.40. The quantitative estimate of drug-likeness (QED) is 0.749. The van der Waals surface area contributed by atoms with Crippen molar-refractivity contribution in [2.45, 2.75) is 25.0 Å². The van der Waals surface area contributed by atoms with Crippen LogP contribution in [0.4, 0.5) is 5.69 Å². The van der Waals surface area contributed by atoms with Crippen LogP contribution < -0.4 is 10.6 Å². The first kappa shape index (κ1) is 16.9. The Kier molecular flexibility index (Phi) is 5.44. The Morgan fingerprint density at radius 1 is 1.25 bits per heavy atom. The average Bonchev–Trinajstić information content (AvgIpc) is 2.63. The van der Waals surface area contributed by atoms with Crippen molar-refractivity contribution in [1.29, 1.82) is 0 Å². The fourth-order valence-electron chi connectivity index (χ4n) is 3.04. The number of hydrogen-bond acceptors (Lipinski definition) is 5. The van der Waals surface area contributed by atoms with Crippen LogP contribution in [0.5, 0.6) is 0 Å². The number of morpholine rings is 1. The summed E-state index contributed by atoms with van der Waals surface area (Å²) in [5, 5.41) is 15.0. The van der Waals surface area contributed by atoms with Crippen molar-refractivity contribution in [3.63, 3.8) is 0 Å². The van der Waals surface area contributed by atoms with Crippen molar-refractivity contribution in [2.75, 3.05) is 31.7 Å². The minimum atomic E-state index is -0.464. The molecule has 2 unspecified atom stereocenters. The van der Waals surface area contributed by atoms with Crippen molar-refractivity contribution in [3.05, 3.63) is 29.8 Å². The number of amides is 2. The molecule has 2 amide bonds. The molecule has 130 valence electrons. The third-order valence-corrected chi connectivity index (χ3v) is 4.40. The molecule has 24 heavy (non-hydrogen) atoms. The molecule has 7 nitrogen and oxygen atoms in total. The highest BCUT2D eigenvalue weighted by molar-refractivity contribution is 5.92. The van der Waals surface area contributed by atoms with Gasteiger partial charge in [-0.25, -0.2) is 0 Å². The number of rotatable bonds is 4. The van der Waals surface area contributed by atoms with Crippen LogP contribution in [0.15, 0.2) is 24.3 Å². The van der Waals surface area contributed by atoms with E-state index in [1.54, 1.807) is 12.1 Å². The maximum Gasteiger partial charge on any atom is 0.246 e. The van der Waals surface area contributed by atoms with Gasteiger partial charge in [0.15, 0.2) is 0 Å². The molecule has 3 rings (SSSR count). The molecule has 2 fully saturated rings. The number of ether oxygens (including phenoxy) is 2. The Morgan fingerprint density at radius 3 is 2.62 bits per heavy atom. The van der Waals surface area contributed by atoms with E-state index in [-0.39, 0.29) is 30.9 Å². The molecule has 1 aromatic rings. The van der Waals surface area contributed by atoms with Crippen LogP contribution in [0.3, 0.4) is 0 Å². The molecule has 7 heteroatoms. The molecule has 2 heterocycles. The Labute approximate surface area is 140 Å². The van der Waals surface area contributed by atoms with E-state index in [4.69, 9.17) is 9.47 Å². The second-order valence-corrected chi connectivity index (χ2v) is 6.09. The third kappa shape index (κ3) is 3.92. The largest absolute Gasteiger partial charge is 0.394 e. The predicted octanol–water partition coefficient (Wildman–Crippen LogP) is 0.600. The van der Waals surface area contributed by atoms with Crippen LogP contribution in [0.2, 0.25) is 0 Å². The molecule has 0 bridgehead atoms. The van der Waals surface area contributed by atoms with Crippen LogP contribution in [0.25, 0.3) is 0 Å². The van der Waals surface area contributed by atoms with Crippen LogP contribution in [0.1, 0.15) is 24.5 Å². The molecule has 2 aliphatic rings. The predicted molar refractivity (Wildman–Crippen MR) is 86.3 cm³/mol. The number of nitrogens with one attached hydrogen (secondary N) is 2. The van der Waals surface area contributed by atoms with Crippen molar-refractivity contribution < 1.29 is 24.2 Å². The summed E-state index contributed by atoms with van der Waals surface area (Å²) in [5.74, 6) is -0.222. The molecule has 3 N–H and O–H groups in total. The summed E-state index contributed by atoms with van der Waals surface area (Å²) in [7, 11) is 0. The maximum atomic E-state index is 12.2. The molecule has 0 radical (unpaired) electrons. The minimum absolute atomic E-state index is 0.00548. The van der Waals surface area contributed by atoms with Gasteiger partial charge in [-0.05, 0) is 30.5 Å². The lowest BCUT2D eigenvalue weighted by atomic mass is 9.99. The lowest BCUT2D eigenvalue weighted by Crippen LogP contribution is -2.49. The van der Waals surface area contributed by atoms with Crippen LogP contribution in [-0.2, 0) is 19.1 Å².